The fraction of sp³-hybridized carbons (Fsp3) is 0.125. The summed E-state index contributed by atoms with van der Waals surface area (Å²) in [5, 5.41) is 2.54. The highest BCUT2D eigenvalue weighted by Crippen LogP contribution is 2.22. The van der Waals surface area contributed by atoms with Gasteiger partial charge in [-0.25, -0.2) is 0 Å². The second-order valence-corrected chi connectivity index (χ2v) is 5.46. The van der Waals surface area contributed by atoms with Crippen molar-refractivity contribution in [3.63, 3.8) is 0 Å². The highest BCUT2D eigenvalue weighted by molar-refractivity contribution is 9.10. The molecule has 0 spiro atoms. The molecule has 0 aliphatic carbocycles. The molecule has 2 rings (SSSR count). The van der Waals surface area contributed by atoms with Crippen LogP contribution >= 0.6 is 15.9 Å². The molecule has 0 fully saturated rings. The molecule has 0 aliphatic rings. The van der Waals surface area contributed by atoms with Crippen molar-refractivity contribution in [2.45, 2.75) is 6.61 Å². The summed E-state index contributed by atoms with van der Waals surface area (Å²) in [6.45, 7) is -3.21. The van der Waals surface area contributed by atoms with E-state index in [9.17, 15) is 18.4 Å². The summed E-state index contributed by atoms with van der Waals surface area (Å²) < 4.78 is 34.3. The number of nitrogens with one attached hydrogen (secondary N) is 1. The van der Waals surface area contributed by atoms with Crippen LogP contribution in [0.25, 0.3) is 0 Å². The van der Waals surface area contributed by atoms with Gasteiger partial charge in [0.2, 0.25) is 0 Å². The summed E-state index contributed by atoms with van der Waals surface area (Å²) >= 11 is 3.23. The Balaban J connectivity index is 1.90. The Labute approximate surface area is 144 Å². The highest BCUT2D eigenvalue weighted by Gasteiger charge is 2.09. The predicted molar refractivity (Wildman–Crippen MR) is 86.7 cm³/mol. The van der Waals surface area contributed by atoms with Gasteiger partial charge in [0.1, 0.15) is 11.5 Å². The molecular weight excluding hydrogens is 388 g/mol. The first-order chi connectivity index (χ1) is 11.5. The lowest BCUT2D eigenvalue weighted by Gasteiger charge is -2.10. The number of benzene rings is 2. The van der Waals surface area contributed by atoms with Crippen molar-refractivity contribution in [1.29, 1.82) is 0 Å². The molecule has 0 saturated carbocycles. The van der Waals surface area contributed by atoms with E-state index < -0.39 is 12.5 Å². The number of hydrogen-bond donors (Lipinski definition) is 1. The monoisotopic (exact) mass is 399 g/mol. The summed E-state index contributed by atoms with van der Waals surface area (Å²) in [6.07, 6.45) is 0.625. The maximum Gasteiger partial charge on any atom is 0.387 e. The zero-order valence-electron chi connectivity index (χ0n) is 12.2. The number of hydrogen-bond acceptors (Lipinski definition) is 4. The van der Waals surface area contributed by atoms with Gasteiger partial charge in [-0.2, -0.15) is 8.78 Å². The molecule has 126 valence electrons. The molecule has 8 heteroatoms. The molecule has 0 aliphatic heterocycles. The number of ether oxygens (including phenoxy) is 2. The maximum absolute atomic E-state index is 12.0. The summed E-state index contributed by atoms with van der Waals surface area (Å²) in [5.74, 6) is -0.189. The van der Waals surface area contributed by atoms with E-state index in [4.69, 9.17) is 4.74 Å². The molecular formula is C16H12BrF2NO4. The van der Waals surface area contributed by atoms with Crippen LogP contribution < -0.4 is 14.8 Å². The van der Waals surface area contributed by atoms with Gasteiger partial charge >= 0.3 is 6.61 Å². The van der Waals surface area contributed by atoms with E-state index >= 15 is 0 Å². The van der Waals surface area contributed by atoms with Crippen molar-refractivity contribution in [2.24, 2.45) is 0 Å². The van der Waals surface area contributed by atoms with Gasteiger partial charge in [0.15, 0.2) is 12.9 Å². The number of alkyl halides is 2. The number of rotatable bonds is 7. The second-order valence-electron chi connectivity index (χ2n) is 4.54. The van der Waals surface area contributed by atoms with Gasteiger partial charge in [-0.15, -0.1) is 0 Å². The minimum Gasteiger partial charge on any atom is -0.483 e. The van der Waals surface area contributed by atoms with Crippen molar-refractivity contribution in [3.8, 4) is 11.5 Å². The molecule has 0 saturated heterocycles. The number of carbonyl (C=O) groups is 2. The van der Waals surface area contributed by atoms with Gasteiger partial charge in [-0.3, -0.25) is 9.59 Å². The second kappa shape index (κ2) is 8.39. The Bertz CT molecular complexity index is 723. The summed E-state index contributed by atoms with van der Waals surface area (Å²) in [4.78, 5) is 22.8. The van der Waals surface area contributed by atoms with Gasteiger partial charge in [0, 0.05) is 10.2 Å². The molecule has 0 unspecified atom stereocenters. The van der Waals surface area contributed by atoms with Crippen LogP contribution in [-0.2, 0) is 4.79 Å². The van der Waals surface area contributed by atoms with E-state index in [2.05, 4.69) is 26.0 Å². The van der Waals surface area contributed by atoms with Crippen LogP contribution in [0.5, 0.6) is 11.5 Å². The first kappa shape index (κ1) is 17.9. The molecule has 0 heterocycles. The molecule has 1 amide bonds. The minimum absolute atomic E-state index is 0.00950. The van der Waals surface area contributed by atoms with Crippen molar-refractivity contribution in [2.75, 3.05) is 11.9 Å². The summed E-state index contributed by atoms with van der Waals surface area (Å²) in [7, 11) is 0. The van der Waals surface area contributed by atoms with Crippen molar-refractivity contribution >= 4 is 33.8 Å². The SMILES string of the molecule is O=Cc1cc(Br)ccc1OCC(=O)Nc1ccc(OC(F)F)cc1. The molecule has 0 radical (unpaired) electrons. The molecule has 0 bridgehead atoms. The van der Waals surface area contributed by atoms with Crippen molar-refractivity contribution in [3.05, 3.63) is 52.5 Å². The van der Waals surface area contributed by atoms with Crippen LogP contribution in [0.2, 0.25) is 0 Å². The van der Waals surface area contributed by atoms with Crippen LogP contribution in [-0.4, -0.2) is 25.4 Å². The van der Waals surface area contributed by atoms with E-state index in [1.54, 1.807) is 18.2 Å². The largest absolute Gasteiger partial charge is 0.483 e. The van der Waals surface area contributed by atoms with Crippen LogP contribution in [0.15, 0.2) is 46.9 Å². The van der Waals surface area contributed by atoms with Crippen LogP contribution in [0, 0.1) is 0 Å². The molecule has 0 aromatic heterocycles. The third kappa shape index (κ3) is 5.31. The van der Waals surface area contributed by atoms with E-state index in [0.29, 0.717) is 22.0 Å². The smallest absolute Gasteiger partial charge is 0.387 e. The molecule has 0 atom stereocenters. The van der Waals surface area contributed by atoms with E-state index in [1.807, 2.05) is 0 Å². The maximum atomic E-state index is 12.0. The number of halogens is 3. The minimum atomic E-state index is -2.91. The van der Waals surface area contributed by atoms with E-state index in [1.165, 1.54) is 24.3 Å². The van der Waals surface area contributed by atoms with E-state index in [0.717, 1.165) is 0 Å². The van der Waals surface area contributed by atoms with Gasteiger partial charge < -0.3 is 14.8 Å². The topological polar surface area (TPSA) is 64.6 Å². The predicted octanol–water partition coefficient (Wildman–Crippen LogP) is 3.88. The summed E-state index contributed by atoms with van der Waals surface area (Å²) in [5.41, 5.74) is 0.710. The third-order valence-electron chi connectivity index (χ3n) is 2.82. The Morgan fingerprint density at radius 3 is 2.54 bits per heavy atom. The standard InChI is InChI=1S/C16H12BrF2NO4/c17-11-1-6-14(10(7-11)8-21)23-9-15(22)20-12-2-4-13(5-3-12)24-16(18)19/h1-8,16H,9H2,(H,20,22). The Morgan fingerprint density at radius 1 is 1.21 bits per heavy atom. The molecule has 24 heavy (non-hydrogen) atoms. The fourth-order valence-electron chi connectivity index (χ4n) is 1.80. The number of carbonyl (C=O) groups excluding carboxylic acids is 2. The average molecular weight is 400 g/mol. The first-order valence-corrected chi connectivity index (χ1v) is 7.49. The van der Waals surface area contributed by atoms with Gasteiger partial charge in [-0.1, -0.05) is 15.9 Å². The zero-order chi connectivity index (χ0) is 17.5. The lowest BCUT2D eigenvalue weighted by molar-refractivity contribution is -0.118. The van der Waals surface area contributed by atoms with Gasteiger partial charge in [0.05, 0.1) is 5.56 Å². The Hall–Kier alpha value is -2.48. The van der Waals surface area contributed by atoms with Crippen molar-refractivity contribution in [1.82, 2.24) is 0 Å². The normalized spacial score (nSPS) is 10.3. The van der Waals surface area contributed by atoms with Crippen LogP contribution in [0.4, 0.5) is 14.5 Å². The summed E-state index contributed by atoms with van der Waals surface area (Å²) in [6, 6.07) is 10.3. The van der Waals surface area contributed by atoms with E-state index in [-0.39, 0.29) is 18.1 Å². The highest BCUT2D eigenvalue weighted by atomic mass is 79.9. The molecule has 2 aromatic rings. The van der Waals surface area contributed by atoms with Gasteiger partial charge in [0.25, 0.3) is 5.91 Å². The molecule has 2 aromatic carbocycles. The quantitative estimate of drug-likeness (QED) is 0.717. The Kier molecular flexibility index (Phi) is 6.25. The lowest BCUT2D eigenvalue weighted by Crippen LogP contribution is -2.20. The number of anilines is 1. The third-order valence-corrected chi connectivity index (χ3v) is 3.31. The first-order valence-electron chi connectivity index (χ1n) is 6.70. The van der Waals surface area contributed by atoms with Gasteiger partial charge in [-0.05, 0) is 42.5 Å². The van der Waals surface area contributed by atoms with Crippen LogP contribution in [0.3, 0.4) is 0 Å². The van der Waals surface area contributed by atoms with Crippen LogP contribution in [0.1, 0.15) is 10.4 Å². The fourth-order valence-corrected chi connectivity index (χ4v) is 2.18. The Morgan fingerprint density at radius 2 is 1.92 bits per heavy atom. The lowest BCUT2D eigenvalue weighted by atomic mass is 10.2. The number of aldehydes is 1. The number of amides is 1. The molecule has 5 nitrogen and oxygen atoms in total. The average Bonchev–Trinajstić information content (AvgIpc) is 2.55. The van der Waals surface area contributed by atoms with Crippen molar-refractivity contribution < 1.29 is 27.8 Å². The molecule has 1 N–H and O–H groups in total. The zero-order valence-corrected chi connectivity index (χ0v) is 13.8.